The van der Waals surface area contributed by atoms with Gasteiger partial charge in [-0.25, -0.2) is 0 Å². The van der Waals surface area contributed by atoms with Gasteiger partial charge in [-0.3, -0.25) is 14.4 Å². The van der Waals surface area contributed by atoms with E-state index in [-0.39, 0.29) is 31.1 Å². The molecule has 2 aromatic rings. The predicted molar refractivity (Wildman–Crippen MR) is 84.1 cm³/mol. The molecule has 0 bridgehead atoms. The average Bonchev–Trinajstić information content (AvgIpc) is 3.02. The first-order valence-corrected chi connectivity index (χ1v) is 7.28. The lowest BCUT2D eigenvalue weighted by molar-refractivity contribution is -0.136. The maximum absolute atomic E-state index is 11.7. The molecule has 1 amide bonds. The fraction of sp³-hybridized carbons (Fsp3) is 0.235. The summed E-state index contributed by atoms with van der Waals surface area (Å²) >= 11 is 0. The van der Waals surface area contributed by atoms with Crippen molar-refractivity contribution in [1.82, 2.24) is 5.32 Å². The van der Waals surface area contributed by atoms with Crippen molar-refractivity contribution in [2.75, 3.05) is 6.54 Å². The first-order chi connectivity index (χ1) is 11.5. The molecule has 0 fully saturated rings. The summed E-state index contributed by atoms with van der Waals surface area (Å²) in [6.45, 7) is 1.65. The molecule has 0 aliphatic carbocycles. The van der Waals surface area contributed by atoms with E-state index in [0.717, 1.165) is 0 Å². The molecule has 0 aliphatic rings. The van der Waals surface area contributed by atoms with Gasteiger partial charge in [0.15, 0.2) is 11.5 Å². The Balaban J connectivity index is 1.85. The number of aliphatic carboxylic acids is 1. The number of hydrogen-bond acceptors (Lipinski definition) is 5. The summed E-state index contributed by atoms with van der Waals surface area (Å²) in [4.78, 5) is 33.3. The Bertz CT molecular complexity index is 732. The summed E-state index contributed by atoms with van der Waals surface area (Å²) in [7, 11) is 0. The first kappa shape index (κ1) is 17.3. The molecular formula is C17H17NO6. The maximum atomic E-state index is 11.7. The fourth-order valence-corrected chi connectivity index (χ4v) is 1.89. The zero-order valence-corrected chi connectivity index (χ0v) is 13.1. The van der Waals surface area contributed by atoms with Gasteiger partial charge in [0.25, 0.3) is 5.91 Å². The van der Waals surface area contributed by atoms with Crippen LogP contribution >= 0.6 is 0 Å². The van der Waals surface area contributed by atoms with E-state index in [9.17, 15) is 14.4 Å². The third kappa shape index (κ3) is 4.98. The number of benzene rings is 1. The number of furan rings is 1. The number of carbonyl (C=O) groups excluding carboxylic acids is 2. The average molecular weight is 331 g/mol. The summed E-state index contributed by atoms with van der Waals surface area (Å²) < 4.78 is 10.9. The molecular weight excluding hydrogens is 314 g/mol. The van der Waals surface area contributed by atoms with Gasteiger partial charge in [-0.15, -0.1) is 0 Å². The van der Waals surface area contributed by atoms with E-state index in [4.69, 9.17) is 14.3 Å². The van der Waals surface area contributed by atoms with Crippen LogP contribution in [-0.2, 0) is 11.4 Å². The second kappa shape index (κ2) is 7.96. The summed E-state index contributed by atoms with van der Waals surface area (Å²) in [5.74, 6) is -0.372. The number of carboxylic acids is 1. The highest BCUT2D eigenvalue weighted by molar-refractivity contribution is 5.94. The third-order valence-electron chi connectivity index (χ3n) is 3.15. The van der Waals surface area contributed by atoms with Crippen LogP contribution in [0.2, 0.25) is 0 Å². The number of hydrogen-bond donors (Lipinski definition) is 2. The normalized spacial score (nSPS) is 10.2. The number of nitrogens with one attached hydrogen (secondary N) is 1. The highest BCUT2D eigenvalue weighted by atomic mass is 16.5. The van der Waals surface area contributed by atoms with Crippen molar-refractivity contribution >= 4 is 17.7 Å². The molecule has 2 rings (SSSR count). The second-order valence-electron chi connectivity index (χ2n) is 5.03. The molecule has 1 aromatic heterocycles. The molecule has 7 nitrogen and oxygen atoms in total. The summed E-state index contributed by atoms with van der Waals surface area (Å²) in [6.07, 6.45) is -0.154. The molecule has 24 heavy (non-hydrogen) atoms. The molecule has 0 saturated heterocycles. The molecule has 7 heteroatoms. The molecule has 1 aromatic carbocycles. The Morgan fingerprint density at radius 2 is 1.83 bits per heavy atom. The smallest absolute Gasteiger partial charge is 0.305 e. The Kier molecular flexibility index (Phi) is 5.73. The Morgan fingerprint density at radius 3 is 2.46 bits per heavy atom. The van der Waals surface area contributed by atoms with Gasteiger partial charge in [-0.1, -0.05) is 0 Å². The van der Waals surface area contributed by atoms with E-state index in [0.29, 0.717) is 17.1 Å². The van der Waals surface area contributed by atoms with Crippen molar-refractivity contribution in [1.29, 1.82) is 0 Å². The van der Waals surface area contributed by atoms with Crippen LogP contribution in [0.25, 0.3) is 0 Å². The standard InChI is InChI=1S/C17H17NO6/c1-11(19)12-2-4-13(5-3-12)23-10-14-6-7-15(24-14)17(22)18-9-8-16(20)21/h2-7H,8-10H2,1H3,(H,18,22)(H,20,21). The minimum absolute atomic E-state index is 0.0221. The number of ketones is 1. The van der Waals surface area contributed by atoms with Gasteiger partial charge in [0, 0.05) is 12.1 Å². The Hall–Kier alpha value is -3.09. The van der Waals surface area contributed by atoms with Crippen molar-refractivity contribution in [3.63, 3.8) is 0 Å². The van der Waals surface area contributed by atoms with Crippen LogP contribution in [0.4, 0.5) is 0 Å². The Labute approximate surface area is 138 Å². The van der Waals surface area contributed by atoms with E-state index in [1.165, 1.54) is 13.0 Å². The highest BCUT2D eigenvalue weighted by Crippen LogP contribution is 2.16. The molecule has 1 heterocycles. The van der Waals surface area contributed by atoms with Crippen LogP contribution in [0.3, 0.4) is 0 Å². The highest BCUT2D eigenvalue weighted by Gasteiger charge is 2.11. The number of ether oxygens (including phenoxy) is 1. The topological polar surface area (TPSA) is 106 Å². The van der Waals surface area contributed by atoms with Gasteiger partial charge in [-0.2, -0.15) is 0 Å². The summed E-state index contributed by atoms with van der Waals surface area (Å²) in [6, 6.07) is 9.80. The van der Waals surface area contributed by atoms with Gasteiger partial charge in [0.2, 0.25) is 0 Å². The zero-order valence-electron chi connectivity index (χ0n) is 13.1. The number of rotatable bonds is 8. The quantitative estimate of drug-likeness (QED) is 0.719. The molecule has 0 atom stereocenters. The Morgan fingerprint density at radius 1 is 1.12 bits per heavy atom. The van der Waals surface area contributed by atoms with Gasteiger partial charge >= 0.3 is 5.97 Å². The van der Waals surface area contributed by atoms with E-state index in [1.807, 2.05) is 0 Å². The summed E-state index contributed by atoms with van der Waals surface area (Å²) in [5, 5.41) is 11.0. The van der Waals surface area contributed by atoms with Crippen molar-refractivity contribution in [2.45, 2.75) is 20.0 Å². The number of carboxylic acid groups (broad SMARTS) is 1. The maximum Gasteiger partial charge on any atom is 0.305 e. The first-order valence-electron chi connectivity index (χ1n) is 7.28. The van der Waals surface area contributed by atoms with E-state index in [1.54, 1.807) is 30.3 Å². The lowest BCUT2D eigenvalue weighted by Crippen LogP contribution is -2.25. The number of amides is 1. The third-order valence-corrected chi connectivity index (χ3v) is 3.15. The van der Waals surface area contributed by atoms with Crippen LogP contribution in [0.15, 0.2) is 40.8 Å². The monoisotopic (exact) mass is 331 g/mol. The molecule has 0 unspecified atom stereocenters. The number of Topliss-reactive ketones (excluding diaryl/α,β-unsaturated/α-hetero) is 1. The van der Waals surface area contributed by atoms with Gasteiger partial charge in [0.1, 0.15) is 18.1 Å². The fourth-order valence-electron chi connectivity index (χ4n) is 1.89. The molecule has 2 N–H and O–H groups in total. The van der Waals surface area contributed by atoms with Gasteiger partial charge in [-0.05, 0) is 43.3 Å². The number of carbonyl (C=O) groups is 3. The molecule has 0 aliphatic heterocycles. The van der Waals surface area contributed by atoms with Crippen LogP contribution in [0, 0.1) is 0 Å². The van der Waals surface area contributed by atoms with Crippen molar-refractivity contribution < 1.29 is 28.6 Å². The van der Waals surface area contributed by atoms with Crippen LogP contribution in [0.5, 0.6) is 5.75 Å². The molecule has 0 saturated carbocycles. The lowest BCUT2D eigenvalue weighted by Gasteiger charge is -2.05. The van der Waals surface area contributed by atoms with Gasteiger partial charge in [0.05, 0.1) is 6.42 Å². The van der Waals surface area contributed by atoms with Gasteiger partial charge < -0.3 is 19.6 Å². The van der Waals surface area contributed by atoms with Crippen LogP contribution < -0.4 is 10.1 Å². The largest absolute Gasteiger partial charge is 0.486 e. The van der Waals surface area contributed by atoms with E-state index >= 15 is 0 Å². The molecule has 0 radical (unpaired) electrons. The minimum Gasteiger partial charge on any atom is -0.486 e. The van der Waals surface area contributed by atoms with Crippen molar-refractivity contribution in [3.8, 4) is 5.75 Å². The van der Waals surface area contributed by atoms with Crippen molar-refractivity contribution in [2.24, 2.45) is 0 Å². The van der Waals surface area contributed by atoms with E-state index in [2.05, 4.69) is 5.32 Å². The SMILES string of the molecule is CC(=O)c1ccc(OCc2ccc(C(=O)NCCC(=O)O)o2)cc1. The van der Waals surface area contributed by atoms with Crippen LogP contribution in [-0.4, -0.2) is 29.3 Å². The second-order valence-corrected chi connectivity index (χ2v) is 5.03. The zero-order chi connectivity index (χ0) is 17.5. The van der Waals surface area contributed by atoms with Crippen molar-refractivity contribution in [3.05, 3.63) is 53.5 Å². The predicted octanol–water partition coefficient (Wildman–Crippen LogP) is 2.27. The minimum atomic E-state index is -0.986. The van der Waals surface area contributed by atoms with E-state index < -0.39 is 11.9 Å². The van der Waals surface area contributed by atoms with Crippen LogP contribution in [0.1, 0.15) is 40.0 Å². The molecule has 126 valence electrons. The summed E-state index contributed by atoms with van der Waals surface area (Å²) in [5.41, 5.74) is 0.598. The lowest BCUT2D eigenvalue weighted by atomic mass is 10.1. The molecule has 0 spiro atoms.